The molecular weight excluding hydrogens is 302 g/mol. The van der Waals surface area contributed by atoms with Crippen molar-refractivity contribution in [3.63, 3.8) is 0 Å². The molecule has 1 amide bonds. The normalized spacial score (nSPS) is 10.5. The first-order valence-corrected chi connectivity index (χ1v) is 9.31. The van der Waals surface area contributed by atoms with Gasteiger partial charge in [0.15, 0.2) is 0 Å². The number of benzene rings is 2. The van der Waals surface area contributed by atoms with E-state index in [-0.39, 0.29) is 5.91 Å². The maximum atomic E-state index is 12.2. The summed E-state index contributed by atoms with van der Waals surface area (Å²) in [7, 11) is 0. The lowest BCUT2D eigenvalue weighted by atomic mass is 10.0. The van der Waals surface area contributed by atoms with Crippen LogP contribution in [0.2, 0.25) is 0 Å². The van der Waals surface area contributed by atoms with Gasteiger partial charge in [-0.25, -0.2) is 0 Å². The zero-order valence-corrected chi connectivity index (χ0v) is 14.8. The Labute approximate surface area is 143 Å². The van der Waals surface area contributed by atoms with Crippen molar-refractivity contribution in [1.29, 1.82) is 0 Å². The maximum absolute atomic E-state index is 12.2. The minimum absolute atomic E-state index is 0.120. The predicted octanol–water partition coefficient (Wildman–Crippen LogP) is 5.32. The van der Waals surface area contributed by atoms with E-state index in [4.69, 9.17) is 0 Å². The van der Waals surface area contributed by atoms with Crippen molar-refractivity contribution in [3.05, 3.63) is 59.7 Å². The summed E-state index contributed by atoms with van der Waals surface area (Å²) in [6.45, 7) is 4.25. The lowest BCUT2D eigenvalue weighted by Gasteiger charge is -2.14. The number of hydrogen-bond donors (Lipinski definition) is 1. The summed E-state index contributed by atoms with van der Waals surface area (Å²) in [5, 5.41) is 3.13. The second kappa shape index (κ2) is 9.41. The average molecular weight is 327 g/mol. The number of nitrogens with one attached hydrogen (secondary N) is 1. The van der Waals surface area contributed by atoms with Gasteiger partial charge in [-0.2, -0.15) is 0 Å². The number of para-hydroxylation sites is 1. The van der Waals surface area contributed by atoms with E-state index >= 15 is 0 Å². The van der Waals surface area contributed by atoms with Gasteiger partial charge in [-0.05, 0) is 48.3 Å². The van der Waals surface area contributed by atoms with Gasteiger partial charge in [0.2, 0.25) is 5.91 Å². The molecule has 2 nitrogen and oxygen atoms in total. The van der Waals surface area contributed by atoms with E-state index in [1.807, 2.05) is 18.2 Å². The molecule has 0 unspecified atom stereocenters. The van der Waals surface area contributed by atoms with E-state index in [0.717, 1.165) is 30.7 Å². The number of hydrogen-bond acceptors (Lipinski definition) is 2. The molecule has 0 saturated heterocycles. The standard InChI is InChI=1S/C20H25NOS/c1-3-16-10-8-11-17(4-2)20(16)21-19(22)14-9-15-23-18-12-6-5-7-13-18/h5-8,10-13H,3-4,9,14-15H2,1-2H3,(H,21,22). The lowest BCUT2D eigenvalue weighted by Crippen LogP contribution is -2.14. The highest BCUT2D eigenvalue weighted by Gasteiger charge is 2.09. The topological polar surface area (TPSA) is 29.1 Å². The molecule has 0 spiro atoms. The van der Waals surface area contributed by atoms with Gasteiger partial charge < -0.3 is 5.32 Å². The molecule has 2 rings (SSSR count). The Morgan fingerprint density at radius 3 is 2.22 bits per heavy atom. The fraction of sp³-hybridized carbons (Fsp3) is 0.350. The van der Waals surface area contributed by atoms with E-state index < -0.39 is 0 Å². The molecule has 0 aromatic heterocycles. The molecule has 0 heterocycles. The Hall–Kier alpha value is -1.74. The minimum Gasteiger partial charge on any atom is -0.326 e. The number of amides is 1. The first-order chi connectivity index (χ1) is 11.2. The van der Waals surface area contributed by atoms with Crippen molar-refractivity contribution < 1.29 is 4.79 Å². The van der Waals surface area contributed by atoms with E-state index in [1.54, 1.807) is 11.8 Å². The highest BCUT2D eigenvalue weighted by molar-refractivity contribution is 7.99. The SMILES string of the molecule is CCc1cccc(CC)c1NC(=O)CCCSc1ccccc1. The third-order valence-corrected chi connectivity index (χ3v) is 4.92. The summed E-state index contributed by atoms with van der Waals surface area (Å²) in [6, 6.07) is 16.6. The molecule has 3 heteroatoms. The summed E-state index contributed by atoms with van der Waals surface area (Å²) in [5.41, 5.74) is 3.46. The molecule has 0 aliphatic rings. The number of carbonyl (C=O) groups excluding carboxylic acids is 1. The minimum atomic E-state index is 0.120. The van der Waals surface area contributed by atoms with Gasteiger partial charge in [-0.1, -0.05) is 50.2 Å². The monoisotopic (exact) mass is 327 g/mol. The summed E-state index contributed by atoms with van der Waals surface area (Å²) >= 11 is 1.80. The number of carbonyl (C=O) groups is 1. The molecule has 0 fully saturated rings. The highest BCUT2D eigenvalue weighted by Crippen LogP contribution is 2.23. The lowest BCUT2D eigenvalue weighted by molar-refractivity contribution is -0.116. The summed E-state index contributed by atoms with van der Waals surface area (Å²) in [5.74, 6) is 1.09. The fourth-order valence-corrected chi connectivity index (χ4v) is 3.42. The number of rotatable bonds is 8. The van der Waals surface area contributed by atoms with E-state index in [0.29, 0.717) is 6.42 Å². The van der Waals surface area contributed by atoms with Crippen molar-refractivity contribution >= 4 is 23.4 Å². The zero-order chi connectivity index (χ0) is 16.5. The molecule has 0 atom stereocenters. The van der Waals surface area contributed by atoms with Gasteiger partial charge in [-0.3, -0.25) is 4.79 Å². The van der Waals surface area contributed by atoms with Crippen molar-refractivity contribution in [3.8, 4) is 0 Å². The third-order valence-electron chi connectivity index (χ3n) is 3.82. The first kappa shape index (κ1) is 17.6. The molecule has 2 aromatic carbocycles. The van der Waals surface area contributed by atoms with Crippen LogP contribution in [0.3, 0.4) is 0 Å². The highest BCUT2D eigenvalue weighted by atomic mass is 32.2. The molecule has 23 heavy (non-hydrogen) atoms. The van der Waals surface area contributed by atoms with Crippen LogP contribution in [0.15, 0.2) is 53.4 Å². The average Bonchev–Trinajstić information content (AvgIpc) is 2.60. The molecule has 0 radical (unpaired) electrons. The molecule has 0 aliphatic carbocycles. The summed E-state index contributed by atoms with van der Waals surface area (Å²) in [6.07, 6.45) is 3.34. The van der Waals surface area contributed by atoms with Crippen LogP contribution >= 0.6 is 11.8 Å². The van der Waals surface area contributed by atoms with Crippen molar-refractivity contribution in [2.45, 2.75) is 44.4 Å². The Morgan fingerprint density at radius 2 is 1.61 bits per heavy atom. The molecular formula is C20H25NOS. The van der Waals surface area contributed by atoms with Gasteiger partial charge in [0.05, 0.1) is 0 Å². The van der Waals surface area contributed by atoms with Crippen LogP contribution in [0, 0.1) is 0 Å². The Balaban J connectivity index is 1.83. The summed E-state index contributed by atoms with van der Waals surface area (Å²) in [4.78, 5) is 13.5. The molecule has 2 aromatic rings. The maximum Gasteiger partial charge on any atom is 0.224 e. The Kier molecular flexibility index (Phi) is 7.21. The van der Waals surface area contributed by atoms with Gasteiger partial charge in [0.1, 0.15) is 0 Å². The van der Waals surface area contributed by atoms with Crippen LogP contribution in [-0.2, 0) is 17.6 Å². The Morgan fingerprint density at radius 1 is 0.957 bits per heavy atom. The van der Waals surface area contributed by atoms with Crippen LogP contribution in [-0.4, -0.2) is 11.7 Å². The fourth-order valence-electron chi connectivity index (χ4n) is 2.54. The van der Waals surface area contributed by atoms with Crippen LogP contribution in [0.5, 0.6) is 0 Å². The quantitative estimate of drug-likeness (QED) is 0.525. The van der Waals surface area contributed by atoms with Crippen molar-refractivity contribution in [2.24, 2.45) is 0 Å². The summed E-state index contributed by atoms with van der Waals surface area (Å²) < 4.78 is 0. The van der Waals surface area contributed by atoms with Gasteiger partial charge in [0, 0.05) is 17.0 Å². The molecule has 1 N–H and O–H groups in total. The van der Waals surface area contributed by atoms with Crippen molar-refractivity contribution in [1.82, 2.24) is 0 Å². The van der Waals surface area contributed by atoms with Crippen molar-refractivity contribution in [2.75, 3.05) is 11.1 Å². The van der Waals surface area contributed by atoms with Crippen LogP contribution in [0.1, 0.15) is 37.8 Å². The number of anilines is 1. The van der Waals surface area contributed by atoms with E-state index in [1.165, 1.54) is 16.0 Å². The molecule has 0 saturated carbocycles. The molecule has 122 valence electrons. The predicted molar refractivity (Wildman–Crippen MR) is 100 cm³/mol. The van der Waals surface area contributed by atoms with Gasteiger partial charge in [0.25, 0.3) is 0 Å². The van der Waals surface area contributed by atoms with Gasteiger partial charge >= 0.3 is 0 Å². The molecule has 0 aliphatic heterocycles. The van der Waals surface area contributed by atoms with Gasteiger partial charge in [-0.15, -0.1) is 11.8 Å². The van der Waals surface area contributed by atoms with Crippen LogP contribution < -0.4 is 5.32 Å². The first-order valence-electron chi connectivity index (χ1n) is 8.33. The van der Waals surface area contributed by atoms with E-state index in [2.05, 4.69) is 49.5 Å². The second-order valence-electron chi connectivity index (χ2n) is 5.47. The van der Waals surface area contributed by atoms with Crippen LogP contribution in [0.4, 0.5) is 5.69 Å². The number of thioether (sulfide) groups is 1. The van der Waals surface area contributed by atoms with Crippen LogP contribution in [0.25, 0.3) is 0 Å². The van der Waals surface area contributed by atoms with E-state index in [9.17, 15) is 4.79 Å². The zero-order valence-electron chi connectivity index (χ0n) is 14.0. The third kappa shape index (κ3) is 5.43. The smallest absolute Gasteiger partial charge is 0.224 e. The second-order valence-corrected chi connectivity index (χ2v) is 6.64. The number of aryl methyl sites for hydroxylation is 2. The molecule has 0 bridgehead atoms. The largest absolute Gasteiger partial charge is 0.326 e. The Bertz CT molecular complexity index is 603.